The largest absolute Gasteiger partial charge is 0.457 e. The van der Waals surface area contributed by atoms with Gasteiger partial charge in [0.1, 0.15) is 12.2 Å². The minimum atomic E-state index is -1.34. The van der Waals surface area contributed by atoms with Gasteiger partial charge in [0.25, 0.3) is 0 Å². The molecule has 92 valence electrons. The van der Waals surface area contributed by atoms with Crippen LogP contribution in [0.4, 0.5) is 0 Å². The molecule has 1 aliphatic rings. The lowest BCUT2D eigenvalue weighted by Gasteiger charge is -2.38. The number of esters is 1. The van der Waals surface area contributed by atoms with Crippen molar-refractivity contribution in [3.8, 4) is 0 Å². The van der Waals surface area contributed by atoms with Crippen LogP contribution in [-0.2, 0) is 14.3 Å². The van der Waals surface area contributed by atoms with Crippen LogP contribution in [0.1, 0.15) is 6.92 Å². The topological polar surface area (TPSA) is 105 Å². The molecule has 0 bridgehead atoms. The Bertz CT molecular complexity index is 275. The summed E-state index contributed by atoms with van der Waals surface area (Å²) < 4.78 is 9.69. The van der Waals surface area contributed by atoms with Crippen molar-refractivity contribution in [3.63, 3.8) is 0 Å². The minimum absolute atomic E-state index is 0.506. The molecule has 0 aromatic rings. The predicted octanol–water partition coefficient (Wildman–Crippen LogP) is -0.630. The molecule has 1 fully saturated rings. The van der Waals surface area contributed by atoms with Crippen molar-refractivity contribution in [2.45, 2.75) is 36.8 Å². The molecule has 2 N–H and O–H groups in total. The van der Waals surface area contributed by atoms with E-state index in [0.717, 1.165) is 6.92 Å². The minimum Gasteiger partial charge on any atom is -0.457 e. The summed E-state index contributed by atoms with van der Waals surface area (Å²) in [4.78, 5) is 21.3. The lowest BCUT2D eigenvalue weighted by Crippen LogP contribution is -2.57. The normalized spacial score (nSPS) is 39.1. The van der Waals surface area contributed by atoms with Crippen LogP contribution in [0.5, 0.6) is 0 Å². The second-order valence-electron chi connectivity index (χ2n) is 3.37. The highest BCUT2D eigenvalue weighted by atomic mass is 35.5. The zero-order chi connectivity index (χ0) is 12.3. The number of hydrogen-bond acceptors (Lipinski definition) is 7. The van der Waals surface area contributed by atoms with Gasteiger partial charge in [-0.3, -0.25) is 4.79 Å². The number of halogens is 1. The Kier molecular flexibility index (Phi) is 4.60. The first-order chi connectivity index (χ1) is 7.51. The third-order valence-corrected chi connectivity index (χ3v) is 2.59. The van der Waals surface area contributed by atoms with Crippen LogP contribution in [0.15, 0.2) is 5.18 Å². The summed E-state index contributed by atoms with van der Waals surface area (Å²) >= 11 is 5.67. The summed E-state index contributed by atoms with van der Waals surface area (Å²) in [5.41, 5.74) is -1.15. The SMILES string of the molecule is CC(=O)O[C@H]1[C@H](O)[C@@H](CO)OC(Cl)[C@@H]1N=O. The molecular weight excluding hydrogens is 242 g/mol. The molecule has 0 aliphatic carbocycles. The van der Waals surface area contributed by atoms with Crippen LogP contribution in [0.3, 0.4) is 0 Å². The summed E-state index contributed by atoms with van der Waals surface area (Å²) in [5.74, 6) is -0.680. The molecule has 7 nitrogen and oxygen atoms in total. The van der Waals surface area contributed by atoms with E-state index in [1.165, 1.54) is 0 Å². The van der Waals surface area contributed by atoms with Gasteiger partial charge in [0.2, 0.25) is 0 Å². The fraction of sp³-hybridized carbons (Fsp3) is 0.875. The van der Waals surface area contributed by atoms with Gasteiger partial charge < -0.3 is 19.7 Å². The van der Waals surface area contributed by atoms with E-state index in [1.54, 1.807) is 0 Å². The highest BCUT2D eigenvalue weighted by molar-refractivity contribution is 6.20. The Morgan fingerprint density at radius 1 is 1.62 bits per heavy atom. The van der Waals surface area contributed by atoms with E-state index >= 15 is 0 Å². The summed E-state index contributed by atoms with van der Waals surface area (Å²) in [6, 6.07) is -1.21. The molecule has 1 rings (SSSR count). The lowest BCUT2D eigenvalue weighted by molar-refractivity contribution is -0.191. The Morgan fingerprint density at radius 3 is 2.69 bits per heavy atom. The van der Waals surface area contributed by atoms with E-state index in [4.69, 9.17) is 26.2 Å². The van der Waals surface area contributed by atoms with Crippen LogP contribution in [0, 0.1) is 4.91 Å². The van der Waals surface area contributed by atoms with Gasteiger partial charge in [-0.25, -0.2) is 0 Å². The lowest BCUT2D eigenvalue weighted by atomic mass is 9.98. The van der Waals surface area contributed by atoms with E-state index in [-0.39, 0.29) is 0 Å². The predicted molar refractivity (Wildman–Crippen MR) is 52.7 cm³/mol. The third-order valence-electron chi connectivity index (χ3n) is 2.23. The molecule has 16 heavy (non-hydrogen) atoms. The van der Waals surface area contributed by atoms with Crippen molar-refractivity contribution < 1.29 is 24.5 Å². The zero-order valence-electron chi connectivity index (χ0n) is 8.45. The fourth-order valence-electron chi connectivity index (χ4n) is 1.48. The second-order valence-corrected chi connectivity index (χ2v) is 3.80. The monoisotopic (exact) mass is 253 g/mol. The van der Waals surface area contributed by atoms with E-state index in [2.05, 4.69) is 5.18 Å². The van der Waals surface area contributed by atoms with Gasteiger partial charge in [-0.2, -0.15) is 4.91 Å². The molecule has 1 saturated heterocycles. The third kappa shape index (κ3) is 2.67. The van der Waals surface area contributed by atoms with Crippen LogP contribution in [0.2, 0.25) is 0 Å². The number of alkyl halides is 1. The van der Waals surface area contributed by atoms with Gasteiger partial charge >= 0.3 is 5.97 Å². The van der Waals surface area contributed by atoms with Crippen molar-refractivity contribution in [3.05, 3.63) is 4.91 Å². The molecule has 1 aliphatic heterocycles. The number of ether oxygens (including phenoxy) is 2. The second kappa shape index (κ2) is 5.53. The van der Waals surface area contributed by atoms with Gasteiger partial charge in [0.05, 0.1) is 6.61 Å². The molecule has 1 heterocycles. The summed E-state index contributed by atoms with van der Waals surface area (Å²) in [7, 11) is 0. The number of nitroso groups, excluding NO2 is 1. The van der Waals surface area contributed by atoms with Crippen molar-refractivity contribution in [2.75, 3.05) is 6.61 Å². The molecule has 0 radical (unpaired) electrons. The number of carbonyl (C=O) groups excluding carboxylic acids is 1. The number of nitrogens with zero attached hydrogens (tertiary/aromatic N) is 1. The summed E-state index contributed by atoms with van der Waals surface area (Å²) in [6.45, 7) is 0.620. The molecule has 1 unspecified atom stereocenters. The Labute approximate surface area is 96.3 Å². The molecule has 0 spiro atoms. The standard InChI is InChI=1S/C8H12ClNO6/c1-3(12)15-7-5(10-14)8(9)16-4(2-11)6(7)13/h4-8,11,13H,2H2,1H3/t4-,5-,6-,7-,8?/m1/s1. The maximum Gasteiger partial charge on any atom is 0.303 e. The molecule has 0 aromatic carbocycles. The van der Waals surface area contributed by atoms with E-state index in [1.807, 2.05) is 0 Å². The van der Waals surface area contributed by atoms with E-state index in [9.17, 15) is 14.8 Å². The summed E-state index contributed by atoms with van der Waals surface area (Å²) in [6.07, 6.45) is -3.56. The first-order valence-electron chi connectivity index (χ1n) is 4.59. The maximum absolute atomic E-state index is 10.8. The van der Waals surface area contributed by atoms with E-state index in [0.29, 0.717) is 0 Å². The highest BCUT2D eigenvalue weighted by Gasteiger charge is 2.47. The number of aliphatic hydroxyl groups is 2. The number of hydrogen-bond donors (Lipinski definition) is 2. The van der Waals surface area contributed by atoms with Crippen LogP contribution >= 0.6 is 11.6 Å². The average molecular weight is 254 g/mol. The van der Waals surface area contributed by atoms with Crippen molar-refractivity contribution in [1.29, 1.82) is 0 Å². The quantitative estimate of drug-likeness (QED) is 0.394. The van der Waals surface area contributed by atoms with Crippen molar-refractivity contribution in [2.24, 2.45) is 5.18 Å². The van der Waals surface area contributed by atoms with E-state index < -0.39 is 42.5 Å². The van der Waals surface area contributed by atoms with Gasteiger partial charge in [-0.05, 0) is 0 Å². The van der Waals surface area contributed by atoms with Gasteiger partial charge in [-0.1, -0.05) is 16.8 Å². The molecule has 5 atom stereocenters. The molecule has 0 saturated carbocycles. The van der Waals surface area contributed by atoms with Crippen LogP contribution in [-0.4, -0.2) is 52.7 Å². The van der Waals surface area contributed by atoms with Gasteiger partial charge in [0, 0.05) is 6.92 Å². The molecular formula is C8H12ClNO6. The Hall–Kier alpha value is -0.760. The maximum atomic E-state index is 10.8. The van der Waals surface area contributed by atoms with Crippen molar-refractivity contribution >= 4 is 17.6 Å². The van der Waals surface area contributed by atoms with Crippen molar-refractivity contribution in [1.82, 2.24) is 0 Å². The molecule has 0 amide bonds. The van der Waals surface area contributed by atoms with Gasteiger partial charge in [-0.15, -0.1) is 0 Å². The first-order valence-corrected chi connectivity index (χ1v) is 5.03. The fourth-order valence-corrected chi connectivity index (χ4v) is 1.80. The Morgan fingerprint density at radius 2 is 2.25 bits per heavy atom. The summed E-state index contributed by atoms with van der Waals surface area (Å²) in [5, 5.41) is 21.2. The zero-order valence-corrected chi connectivity index (χ0v) is 9.20. The molecule has 8 heteroatoms. The smallest absolute Gasteiger partial charge is 0.303 e. The number of rotatable bonds is 3. The number of carbonyl (C=O) groups is 1. The first kappa shape index (κ1) is 13.3. The molecule has 0 aromatic heterocycles. The van der Waals surface area contributed by atoms with Gasteiger partial charge in [0.15, 0.2) is 17.7 Å². The Balaban J connectivity index is 2.85. The average Bonchev–Trinajstić information content (AvgIpc) is 2.22. The number of aliphatic hydroxyl groups excluding tert-OH is 2. The van der Waals surface area contributed by atoms with Crippen LogP contribution in [0.25, 0.3) is 0 Å². The van der Waals surface area contributed by atoms with Crippen LogP contribution < -0.4 is 0 Å². The highest BCUT2D eigenvalue weighted by Crippen LogP contribution is 2.27.